The zero-order valence-corrected chi connectivity index (χ0v) is 26.5. The molecule has 0 spiro atoms. The highest BCUT2D eigenvalue weighted by Gasteiger charge is 2.28. The summed E-state index contributed by atoms with van der Waals surface area (Å²) in [5.74, 6) is 0.538. The van der Waals surface area contributed by atoms with Gasteiger partial charge in [-0.25, -0.2) is 4.31 Å². The van der Waals surface area contributed by atoms with E-state index in [1.54, 1.807) is 19.1 Å². The number of carboxylic acids is 1. The summed E-state index contributed by atoms with van der Waals surface area (Å²) in [5.41, 5.74) is 7.20. The Labute approximate surface area is 255 Å². The Balaban J connectivity index is 1.31. The van der Waals surface area contributed by atoms with Crippen LogP contribution in [0.1, 0.15) is 55.9 Å². The summed E-state index contributed by atoms with van der Waals surface area (Å²) in [6.07, 6.45) is 4.27. The van der Waals surface area contributed by atoms with Crippen LogP contribution in [0.2, 0.25) is 0 Å². The number of aliphatic hydroxyl groups excluding tert-OH is 1. The summed E-state index contributed by atoms with van der Waals surface area (Å²) < 4.78 is 7.57. The molecular formula is C35H46N2O4S. The third kappa shape index (κ3) is 8.83. The number of likely N-dealkylation sites (N-methyl/N-ethyl adjacent to an activating group) is 1. The summed E-state index contributed by atoms with van der Waals surface area (Å²) >= 11 is 1.66. The molecule has 0 radical (unpaired) electrons. The first kappa shape index (κ1) is 32.1. The molecule has 1 aliphatic carbocycles. The highest BCUT2D eigenvalue weighted by atomic mass is 32.2. The van der Waals surface area contributed by atoms with Crippen LogP contribution in [-0.4, -0.2) is 59.4 Å². The number of fused-ring (bicyclic) bond motifs is 1. The quantitative estimate of drug-likeness (QED) is 0.176. The Kier molecular flexibility index (Phi) is 11.1. The van der Waals surface area contributed by atoms with Crippen molar-refractivity contribution >= 4 is 17.9 Å². The number of nitrogens with one attached hydrogen (secondary N) is 1. The third-order valence-electron chi connectivity index (χ3n) is 8.14. The first-order valence-electron chi connectivity index (χ1n) is 15.0. The zero-order valence-electron chi connectivity index (χ0n) is 25.7. The van der Waals surface area contributed by atoms with Crippen LogP contribution in [0, 0.1) is 5.92 Å². The van der Waals surface area contributed by atoms with Gasteiger partial charge in [-0.2, -0.15) is 0 Å². The smallest absolute Gasteiger partial charge is 0.303 e. The molecule has 1 aliphatic rings. The molecular weight excluding hydrogens is 544 g/mol. The molecule has 6 nitrogen and oxygen atoms in total. The number of carbonyl (C=O) groups is 1. The van der Waals surface area contributed by atoms with E-state index in [2.05, 4.69) is 72.9 Å². The second-order valence-electron chi connectivity index (χ2n) is 12.2. The molecule has 0 saturated carbocycles. The average molecular weight is 591 g/mol. The van der Waals surface area contributed by atoms with Gasteiger partial charge in [-0.1, -0.05) is 49.4 Å². The van der Waals surface area contributed by atoms with Crippen molar-refractivity contribution in [1.82, 2.24) is 9.62 Å². The lowest BCUT2D eigenvalue weighted by Gasteiger charge is -2.31. The fourth-order valence-electron chi connectivity index (χ4n) is 6.07. The number of nitrogens with zero attached hydrogens (tertiary/aromatic N) is 1. The molecule has 3 aromatic rings. The number of aliphatic carboxylic acids is 1. The molecule has 0 saturated heterocycles. The van der Waals surface area contributed by atoms with Crippen LogP contribution in [0.15, 0.2) is 65.6 Å². The highest BCUT2D eigenvalue weighted by molar-refractivity contribution is 7.97. The summed E-state index contributed by atoms with van der Waals surface area (Å²) in [6, 6.07) is 21.2. The molecule has 0 aliphatic heterocycles. The van der Waals surface area contributed by atoms with Gasteiger partial charge in [-0.05, 0) is 122 Å². The standard InChI is InChI=1S/C35H46N2O4S/c1-6-25-19-29(28-11-14-32(41-5)30(20-28)13-16-34(39)40)12-15-33(25)42-37(4)23-31(38)22-36-35(2,3)21-24-17-26-9-7-8-10-27(26)18-24/h7-12,14-15,19-20,24,31,36,38H,6,13,16-18,21-23H2,1-5H3,(H,39,40)/t31-/m1/s1. The van der Waals surface area contributed by atoms with Gasteiger partial charge in [0.25, 0.3) is 0 Å². The summed E-state index contributed by atoms with van der Waals surface area (Å²) in [4.78, 5) is 12.3. The Morgan fingerprint density at radius 2 is 1.71 bits per heavy atom. The van der Waals surface area contributed by atoms with E-state index in [1.807, 2.05) is 25.2 Å². The van der Waals surface area contributed by atoms with Crippen molar-refractivity contribution in [3.63, 3.8) is 0 Å². The minimum absolute atomic E-state index is 0.0421. The van der Waals surface area contributed by atoms with Crippen LogP contribution >= 0.6 is 11.9 Å². The molecule has 3 aromatic carbocycles. The fourth-order valence-corrected chi connectivity index (χ4v) is 7.10. The summed E-state index contributed by atoms with van der Waals surface area (Å²) in [7, 11) is 3.64. The highest BCUT2D eigenvalue weighted by Crippen LogP contribution is 2.34. The van der Waals surface area contributed by atoms with E-state index in [0.29, 0.717) is 31.2 Å². The number of hydrogen-bond donors (Lipinski definition) is 3. The SMILES string of the molecule is CCc1cc(-c2ccc(OC)c(CCC(=O)O)c2)ccc1SN(C)C[C@H](O)CNC(C)(C)CC1Cc2ccccc2C1. The molecule has 42 heavy (non-hydrogen) atoms. The number of aryl methyl sites for hydroxylation is 2. The van der Waals surface area contributed by atoms with Crippen LogP contribution in [0.3, 0.4) is 0 Å². The normalized spacial score (nSPS) is 14.3. The molecule has 3 N–H and O–H groups in total. The second-order valence-corrected chi connectivity index (χ2v) is 13.4. The predicted octanol–water partition coefficient (Wildman–Crippen LogP) is 6.41. The van der Waals surface area contributed by atoms with Crippen LogP contribution in [0.4, 0.5) is 0 Å². The van der Waals surface area contributed by atoms with Crippen molar-refractivity contribution in [3.05, 3.63) is 82.9 Å². The van der Waals surface area contributed by atoms with Crippen LogP contribution in [0.25, 0.3) is 11.1 Å². The number of β-amino-alcohol motifs (C(OH)–C–C–N with tert-alkyl or cyclic N) is 1. The number of aliphatic hydroxyl groups is 1. The molecule has 0 amide bonds. The number of benzene rings is 3. The molecule has 0 aromatic heterocycles. The summed E-state index contributed by atoms with van der Waals surface area (Å²) in [6.45, 7) is 7.75. The Morgan fingerprint density at radius 3 is 2.33 bits per heavy atom. The molecule has 0 heterocycles. The van der Waals surface area contributed by atoms with Gasteiger partial charge < -0.3 is 20.3 Å². The van der Waals surface area contributed by atoms with Crippen molar-refractivity contribution in [2.75, 3.05) is 27.2 Å². The van der Waals surface area contributed by atoms with Gasteiger partial charge in [0, 0.05) is 29.9 Å². The maximum Gasteiger partial charge on any atom is 0.303 e. The second kappa shape index (κ2) is 14.6. The third-order valence-corrected chi connectivity index (χ3v) is 9.19. The molecule has 226 valence electrons. The topological polar surface area (TPSA) is 82.0 Å². The summed E-state index contributed by atoms with van der Waals surface area (Å²) in [5, 5.41) is 23.6. The minimum Gasteiger partial charge on any atom is -0.496 e. The van der Waals surface area contributed by atoms with Gasteiger partial charge in [-0.3, -0.25) is 4.79 Å². The largest absolute Gasteiger partial charge is 0.496 e. The van der Waals surface area contributed by atoms with Crippen LogP contribution in [-0.2, 0) is 30.5 Å². The monoisotopic (exact) mass is 590 g/mol. The molecule has 0 fully saturated rings. The van der Waals surface area contributed by atoms with Crippen LogP contribution < -0.4 is 10.1 Å². The number of carboxylic acid groups (broad SMARTS) is 1. The molecule has 4 rings (SSSR count). The fraction of sp³-hybridized carbons (Fsp3) is 0.457. The number of rotatable bonds is 15. The van der Waals surface area contributed by atoms with E-state index in [-0.39, 0.29) is 12.0 Å². The van der Waals surface area contributed by atoms with Crippen LogP contribution in [0.5, 0.6) is 5.75 Å². The Bertz CT molecular complexity index is 1330. The van der Waals surface area contributed by atoms with Gasteiger partial charge in [0.1, 0.15) is 5.75 Å². The van der Waals surface area contributed by atoms with E-state index in [9.17, 15) is 9.90 Å². The predicted molar refractivity (Wildman–Crippen MR) is 172 cm³/mol. The van der Waals surface area contributed by atoms with Crippen molar-refractivity contribution in [3.8, 4) is 16.9 Å². The van der Waals surface area contributed by atoms with Gasteiger partial charge in [0.2, 0.25) is 0 Å². The van der Waals surface area contributed by atoms with E-state index >= 15 is 0 Å². The lowest BCUT2D eigenvalue weighted by Crippen LogP contribution is -2.46. The number of hydrogen-bond acceptors (Lipinski definition) is 6. The van der Waals surface area contributed by atoms with Crippen molar-refractivity contribution in [2.24, 2.45) is 5.92 Å². The maximum atomic E-state index is 11.1. The number of ether oxygens (including phenoxy) is 1. The Morgan fingerprint density at radius 1 is 1.07 bits per heavy atom. The van der Waals surface area contributed by atoms with E-state index < -0.39 is 12.1 Å². The van der Waals surface area contributed by atoms with E-state index in [4.69, 9.17) is 9.84 Å². The average Bonchev–Trinajstić information content (AvgIpc) is 3.36. The lowest BCUT2D eigenvalue weighted by molar-refractivity contribution is -0.136. The first-order chi connectivity index (χ1) is 20.1. The zero-order chi connectivity index (χ0) is 30.3. The maximum absolute atomic E-state index is 11.1. The molecule has 1 atom stereocenters. The van der Waals surface area contributed by atoms with Gasteiger partial charge in [0.05, 0.1) is 13.2 Å². The minimum atomic E-state index is -0.818. The number of methoxy groups -OCH3 is 1. The molecule has 7 heteroatoms. The lowest BCUT2D eigenvalue weighted by atomic mass is 9.88. The van der Waals surface area contributed by atoms with Crippen molar-refractivity contribution in [2.45, 2.75) is 75.8 Å². The molecule has 0 unspecified atom stereocenters. The van der Waals surface area contributed by atoms with Gasteiger partial charge >= 0.3 is 5.97 Å². The van der Waals surface area contributed by atoms with Gasteiger partial charge in [0.15, 0.2) is 0 Å². The van der Waals surface area contributed by atoms with Crippen molar-refractivity contribution in [1.29, 1.82) is 0 Å². The Hall–Kier alpha value is -2.84. The molecule has 0 bridgehead atoms. The van der Waals surface area contributed by atoms with Gasteiger partial charge in [-0.15, -0.1) is 0 Å². The van der Waals surface area contributed by atoms with E-state index in [0.717, 1.165) is 42.4 Å². The van der Waals surface area contributed by atoms with Crippen molar-refractivity contribution < 1.29 is 19.7 Å². The first-order valence-corrected chi connectivity index (χ1v) is 15.7. The van der Waals surface area contributed by atoms with E-state index in [1.165, 1.54) is 21.6 Å².